The lowest BCUT2D eigenvalue weighted by molar-refractivity contribution is 0.133. The van der Waals surface area contributed by atoms with Crippen LogP contribution in [0.2, 0.25) is 0 Å². The quantitative estimate of drug-likeness (QED) is 0.637. The molecule has 3 nitrogen and oxygen atoms in total. The molecular weight excluding hydrogens is 186 g/mol. The van der Waals surface area contributed by atoms with Crippen LogP contribution in [0.3, 0.4) is 0 Å². The van der Waals surface area contributed by atoms with Crippen molar-refractivity contribution in [3.05, 3.63) is 0 Å². The van der Waals surface area contributed by atoms with Crippen molar-refractivity contribution in [2.75, 3.05) is 52.4 Å². The predicted octanol–water partition coefficient (Wildman–Crippen LogP) is 1.01. The number of hydrogen-bond acceptors (Lipinski definition) is 3. The normalized spacial score (nSPS) is 19.6. The van der Waals surface area contributed by atoms with Gasteiger partial charge in [-0.1, -0.05) is 13.8 Å². The van der Waals surface area contributed by atoms with Crippen LogP contribution in [0.25, 0.3) is 0 Å². The summed E-state index contributed by atoms with van der Waals surface area (Å²) < 4.78 is 0. The molecule has 1 fully saturated rings. The van der Waals surface area contributed by atoms with Crippen molar-refractivity contribution in [2.24, 2.45) is 0 Å². The van der Waals surface area contributed by atoms with Crippen LogP contribution in [-0.4, -0.2) is 62.2 Å². The van der Waals surface area contributed by atoms with Crippen LogP contribution in [0.4, 0.5) is 0 Å². The Kier molecular flexibility index (Phi) is 6.98. The predicted molar refractivity (Wildman–Crippen MR) is 66.3 cm³/mol. The fourth-order valence-electron chi connectivity index (χ4n) is 2.09. The second-order valence-electron chi connectivity index (χ2n) is 4.43. The molecule has 0 saturated carbocycles. The first-order chi connectivity index (χ1) is 7.36. The van der Waals surface area contributed by atoms with Gasteiger partial charge in [0.15, 0.2) is 0 Å². The zero-order chi connectivity index (χ0) is 10.9. The molecule has 0 aromatic rings. The highest BCUT2D eigenvalue weighted by atomic mass is 15.3. The number of nitrogens with one attached hydrogen (secondary N) is 1. The Hall–Kier alpha value is -0.120. The fraction of sp³-hybridized carbons (Fsp3) is 1.00. The van der Waals surface area contributed by atoms with Crippen molar-refractivity contribution < 1.29 is 0 Å². The second kappa shape index (κ2) is 8.08. The van der Waals surface area contributed by atoms with Crippen LogP contribution in [0, 0.1) is 0 Å². The van der Waals surface area contributed by atoms with Gasteiger partial charge in [0.25, 0.3) is 0 Å². The van der Waals surface area contributed by atoms with Crippen molar-refractivity contribution in [3.63, 3.8) is 0 Å². The Balaban J connectivity index is 1.99. The first-order valence-electron chi connectivity index (χ1n) is 6.52. The minimum atomic E-state index is 1.15. The molecule has 0 amide bonds. The third-order valence-corrected chi connectivity index (χ3v) is 3.04. The van der Waals surface area contributed by atoms with E-state index in [4.69, 9.17) is 0 Å². The molecule has 1 saturated heterocycles. The maximum absolute atomic E-state index is 3.46. The van der Waals surface area contributed by atoms with Crippen molar-refractivity contribution in [1.29, 1.82) is 0 Å². The largest absolute Gasteiger partial charge is 0.315 e. The van der Waals surface area contributed by atoms with Crippen LogP contribution in [0.15, 0.2) is 0 Å². The van der Waals surface area contributed by atoms with Gasteiger partial charge in [-0.15, -0.1) is 0 Å². The molecule has 0 spiro atoms. The first kappa shape index (κ1) is 12.9. The number of hydrogen-bond donors (Lipinski definition) is 1. The van der Waals surface area contributed by atoms with E-state index in [1.165, 1.54) is 52.1 Å². The molecule has 0 bridgehead atoms. The standard InChI is InChI=1S/C12H27N3/c1-3-5-13-6-8-15-11-9-14(7-4-2)10-12-15/h13H,3-12H2,1-2H3. The zero-order valence-electron chi connectivity index (χ0n) is 10.5. The highest BCUT2D eigenvalue weighted by Crippen LogP contribution is 2.01. The second-order valence-corrected chi connectivity index (χ2v) is 4.43. The Morgan fingerprint density at radius 1 is 0.800 bits per heavy atom. The zero-order valence-corrected chi connectivity index (χ0v) is 10.5. The van der Waals surface area contributed by atoms with Gasteiger partial charge < -0.3 is 10.2 Å². The Bertz CT molecular complexity index is 139. The molecule has 0 aromatic heterocycles. The van der Waals surface area contributed by atoms with Crippen molar-refractivity contribution in [2.45, 2.75) is 26.7 Å². The van der Waals surface area contributed by atoms with Crippen molar-refractivity contribution in [1.82, 2.24) is 15.1 Å². The van der Waals surface area contributed by atoms with Gasteiger partial charge in [-0.25, -0.2) is 0 Å². The number of rotatable bonds is 7. The van der Waals surface area contributed by atoms with Crippen LogP contribution >= 0.6 is 0 Å². The van der Waals surface area contributed by atoms with Gasteiger partial charge in [0.2, 0.25) is 0 Å². The summed E-state index contributed by atoms with van der Waals surface area (Å²) in [5, 5.41) is 3.46. The third-order valence-electron chi connectivity index (χ3n) is 3.04. The minimum absolute atomic E-state index is 1.15. The summed E-state index contributed by atoms with van der Waals surface area (Å²) in [6.07, 6.45) is 2.53. The molecular formula is C12H27N3. The van der Waals surface area contributed by atoms with Crippen molar-refractivity contribution in [3.8, 4) is 0 Å². The molecule has 3 heteroatoms. The Labute approximate surface area is 94.8 Å². The van der Waals surface area contributed by atoms with E-state index in [-0.39, 0.29) is 0 Å². The summed E-state index contributed by atoms with van der Waals surface area (Å²) >= 11 is 0. The maximum Gasteiger partial charge on any atom is 0.0110 e. The Morgan fingerprint density at radius 3 is 1.93 bits per heavy atom. The molecule has 1 N–H and O–H groups in total. The van der Waals surface area contributed by atoms with Crippen LogP contribution in [-0.2, 0) is 0 Å². The van der Waals surface area contributed by atoms with Gasteiger partial charge >= 0.3 is 0 Å². The highest BCUT2D eigenvalue weighted by Gasteiger charge is 2.14. The summed E-state index contributed by atoms with van der Waals surface area (Å²) in [4.78, 5) is 5.16. The maximum atomic E-state index is 3.46. The topological polar surface area (TPSA) is 18.5 Å². The molecule has 0 aromatic carbocycles. The fourth-order valence-corrected chi connectivity index (χ4v) is 2.09. The summed E-state index contributed by atoms with van der Waals surface area (Å²) in [5.41, 5.74) is 0. The number of piperazine rings is 1. The molecule has 0 unspecified atom stereocenters. The van der Waals surface area contributed by atoms with E-state index in [1.807, 2.05) is 0 Å². The molecule has 1 rings (SSSR count). The molecule has 90 valence electrons. The summed E-state index contributed by atoms with van der Waals surface area (Å²) in [5.74, 6) is 0. The molecule has 0 atom stereocenters. The molecule has 0 radical (unpaired) electrons. The van der Waals surface area contributed by atoms with Gasteiger partial charge in [0.1, 0.15) is 0 Å². The van der Waals surface area contributed by atoms with E-state index in [0.717, 1.165) is 13.1 Å². The van der Waals surface area contributed by atoms with E-state index in [9.17, 15) is 0 Å². The van der Waals surface area contributed by atoms with E-state index >= 15 is 0 Å². The van der Waals surface area contributed by atoms with Gasteiger partial charge in [-0.2, -0.15) is 0 Å². The van der Waals surface area contributed by atoms with E-state index in [1.54, 1.807) is 0 Å². The lowest BCUT2D eigenvalue weighted by Gasteiger charge is -2.34. The molecule has 0 aliphatic carbocycles. The Morgan fingerprint density at radius 2 is 1.40 bits per heavy atom. The van der Waals surface area contributed by atoms with Gasteiger partial charge in [-0.05, 0) is 25.9 Å². The SMILES string of the molecule is CCCNCCN1CCN(CCC)CC1. The van der Waals surface area contributed by atoms with Crippen LogP contribution in [0.5, 0.6) is 0 Å². The van der Waals surface area contributed by atoms with E-state index in [0.29, 0.717) is 0 Å². The van der Waals surface area contributed by atoms with Gasteiger partial charge in [-0.3, -0.25) is 4.90 Å². The summed E-state index contributed by atoms with van der Waals surface area (Å²) in [6, 6.07) is 0. The third kappa shape index (κ3) is 5.50. The van der Waals surface area contributed by atoms with E-state index in [2.05, 4.69) is 29.0 Å². The molecule has 15 heavy (non-hydrogen) atoms. The number of nitrogens with zero attached hydrogens (tertiary/aromatic N) is 2. The smallest absolute Gasteiger partial charge is 0.0110 e. The van der Waals surface area contributed by atoms with Gasteiger partial charge in [0, 0.05) is 39.3 Å². The van der Waals surface area contributed by atoms with E-state index < -0.39 is 0 Å². The van der Waals surface area contributed by atoms with Gasteiger partial charge in [0.05, 0.1) is 0 Å². The highest BCUT2D eigenvalue weighted by molar-refractivity contribution is 4.71. The van der Waals surface area contributed by atoms with Crippen molar-refractivity contribution >= 4 is 0 Å². The average molecular weight is 213 g/mol. The molecule has 1 heterocycles. The lowest BCUT2D eigenvalue weighted by Crippen LogP contribution is -2.48. The lowest BCUT2D eigenvalue weighted by atomic mass is 10.3. The minimum Gasteiger partial charge on any atom is -0.315 e. The average Bonchev–Trinajstić information content (AvgIpc) is 2.27. The molecule has 1 aliphatic heterocycles. The first-order valence-corrected chi connectivity index (χ1v) is 6.52. The summed E-state index contributed by atoms with van der Waals surface area (Å²) in [6.45, 7) is 14.3. The molecule has 1 aliphatic rings. The summed E-state index contributed by atoms with van der Waals surface area (Å²) in [7, 11) is 0. The van der Waals surface area contributed by atoms with Crippen LogP contribution in [0.1, 0.15) is 26.7 Å². The monoisotopic (exact) mass is 213 g/mol. The van der Waals surface area contributed by atoms with Crippen LogP contribution < -0.4 is 5.32 Å².